The van der Waals surface area contributed by atoms with Crippen molar-refractivity contribution in [2.24, 2.45) is 0 Å². The van der Waals surface area contributed by atoms with Gasteiger partial charge in [-0.15, -0.1) is 0 Å². The van der Waals surface area contributed by atoms with Crippen molar-refractivity contribution in [1.82, 2.24) is 19.1 Å². The van der Waals surface area contributed by atoms with Crippen LogP contribution in [-0.4, -0.2) is 50.9 Å². The van der Waals surface area contributed by atoms with E-state index in [1.165, 1.54) is 0 Å². The van der Waals surface area contributed by atoms with Gasteiger partial charge in [-0.3, -0.25) is 9.13 Å². The van der Waals surface area contributed by atoms with Gasteiger partial charge in [0.05, 0.1) is 32.5 Å². The molecule has 0 aliphatic heterocycles. The van der Waals surface area contributed by atoms with Gasteiger partial charge in [0.1, 0.15) is 11.4 Å². The zero-order valence-electron chi connectivity index (χ0n) is 33.9. The van der Waals surface area contributed by atoms with Crippen LogP contribution in [0.5, 0.6) is 28.7 Å². The predicted molar refractivity (Wildman–Crippen MR) is 252 cm³/mol. The highest BCUT2D eigenvalue weighted by Gasteiger charge is 2.50. The van der Waals surface area contributed by atoms with Gasteiger partial charge in [0.15, 0.2) is 23.1 Å². The third-order valence-electron chi connectivity index (χ3n) is 12.8. The molecule has 63 heavy (non-hydrogen) atoms. The first-order chi connectivity index (χ1) is 30.7. The summed E-state index contributed by atoms with van der Waals surface area (Å²) >= 11 is 0. The van der Waals surface area contributed by atoms with Gasteiger partial charge in [0, 0.05) is 21.5 Å². The molecular weight excluding hydrogens is 805 g/mol. The summed E-state index contributed by atoms with van der Waals surface area (Å²) in [7, 11) is -4.36. The molecule has 0 aliphatic rings. The molecule has 0 aliphatic carbocycles. The third-order valence-corrected chi connectivity index (χ3v) is 19.1. The third kappa shape index (κ3) is 5.12. The van der Waals surface area contributed by atoms with Gasteiger partial charge in [-0.05, 0) is 45.2 Å². The van der Waals surface area contributed by atoms with Crippen LogP contribution in [-0.2, 0) is 0 Å². The number of benzene rings is 8. The van der Waals surface area contributed by atoms with E-state index in [-0.39, 0.29) is 27.9 Å². The molecule has 0 spiro atoms. The first-order valence-electron chi connectivity index (χ1n) is 20.5. The van der Waals surface area contributed by atoms with Gasteiger partial charge < -0.3 is 25.5 Å². The molecule has 0 atom stereocenters. The summed E-state index contributed by atoms with van der Waals surface area (Å²) < 4.78 is 3.73. The van der Waals surface area contributed by atoms with Crippen LogP contribution in [0, 0.1) is 0 Å². The van der Waals surface area contributed by atoms with Crippen molar-refractivity contribution >= 4 is 52.8 Å². The van der Waals surface area contributed by atoms with Crippen LogP contribution >= 0.6 is 9.16 Å². The Balaban J connectivity index is 1.33. The Bertz CT molecular complexity index is 3400. The molecule has 5 N–H and O–H groups in total. The number of aromatic hydroxyl groups is 5. The SMILES string of the molecule is C[SH](c1ccccc1)(c1ccccc1)(c1ccccc1)c1c(O)c(O)c(O)c(-c2nc(-n3c4ccccc4c4ccccc43)nc(-n3c4ccccc4c4ccccc43)c2O)c1O. The lowest BCUT2D eigenvalue weighted by atomic mass is 10.1. The molecule has 0 amide bonds. The topological polar surface area (TPSA) is 137 Å². The summed E-state index contributed by atoms with van der Waals surface area (Å²) in [6.07, 6.45) is 2.01. The number of hydrogen-bond donors (Lipinski definition) is 6. The van der Waals surface area contributed by atoms with Gasteiger partial charge >= 0.3 is 0 Å². The summed E-state index contributed by atoms with van der Waals surface area (Å²) in [5.74, 6) is -3.34. The molecule has 0 radical (unpaired) electrons. The number of para-hydroxylation sites is 4. The Morgan fingerprint density at radius 3 is 1.14 bits per heavy atom. The number of fused-ring (bicyclic) bond motifs is 6. The van der Waals surface area contributed by atoms with Crippen molar-refractivity contribution < 1.29 is 25.5 Å². The maximum Gasteiger partial charge on any atom is 0.237 e. The number of thiol groups is 1. The highest BCUT2D eigenvalue weighted by atomic mass is 32.3. The van der Waals surface area contributed by atoms with E-state index >= 15 is 0 Å². The smallest absolute Gasteiger partial charge is 0.237 e. The fourth-order valence-electron chi connectivity index (χ4n) is 9.83. The Morgan fingerprint density at radius 1 is 0.365 bits per heavy atom. The fourth-order valence-corrected chi connectivity index (χ4v) is 15.5. The number of phenols is 4. The van der Waals surface area contributed by atoms with Crippen molar-refractivity contribution in [2.75, 3.05) is 6.26 Å². The van der Waals surface area contributed by atoms with Crippen LogP contribution in [0.3, 0.4) is 0 Å². The molecule has 3 heterocycles. The van der Waals surface area contributed by atoms with Crippen LogP contribution in [0.4, 0.5) is 0 Å². The first kappa shape index (κ1) is 37.8. The number of aromatic nitrogens is 4. The minimum atomic E-state index is -4.36. The van der Waals surface area contributed by atoms with E-state index in [1.807, 2.05) is 203 Å². The van der Waals surface area contributed by atoms with Crippen molar-refractivity contribution in [2.45, 2.75) is 19.6 Å². The molecule has 0 unspecified atom stereocenters. The molecule has 11 aromatic rings. The van der Waals surface area contributed by atoms with Crippen molar-refractivity contribution in [3.8, 4) is 51.8 Å². The van der Waals surface area contributed by atoms with E-state index in [0.717, 1.165) is 58.3 Å². The summed E-state index contributed by atoms with van der Waals surface area (Å²) in [6.45, 7) is 0. The molecule has 308 valence electrons. The summed E-state index contributed by atoms with van der Waals surface area (Å²) in [4.78, 5) is 12.5. The number of phenolic OH excluding ortho intramolecular Hbond substituents is 4. The van der Waals surface area contributed by atoms with Crippen LogP contribution in [0.1, 0.15) is 0 Å². The molecule has 3 aromatic heterocycles. The van der Waals surface area contributed by atoms with Gasteiger partial charge in [-0.1, -0.05) is 164 Å². The van der Waals surface area contributed by atoms with Crippen LogP contribution in [0.2, 0.25) is 0 Å². The molecule has 0 bridgehead atoms. The van der Waals surface area contributed by atoms with Gasteiger partial charge in [-0.25, -0.2) is 4.98 Å². The zero-order valence-corrected chi connectivity index (χ0v) is 34.8. The van der Waals surface area contributed by atoms with Crippen LogP contribution in [0.15, 0.2) is 208 Å². The number of rotatable bonds is 7. The van der Waals surface area contributed by atoms with E-state index in [2.05, 4.69) is 0 Å². The minimum Gasteiger partial charge on any atom is -0.506 e. The predicted octanol–water partition coefficient (Wildman–Crippen LogP) is 12.1. The molecular formula is C53H40N4O5S. The van der Waals surface area contributed by atoms with E-state index < -0.39 is 37.9 Å². The van der Waals surface area contributed by atoms with Crippen molar-refractivity contribution in [3.63, 3.8) is 0 Å². The average Bonchev–Trinajstić information content (AvgIpc) is 3.85. The van der Waals surface area contributed by atoms with E-state index in [1.54, 1.807) is 0 Å². The molecule has 0 fully saturated rings. The highest BCUT2D eigenvalue weighted by molar-refractivity contribution is 8.49. The first-order valence-corrected chi connectivity index (χ1v) is 23.2. The molecule has 11 rings (SSSR count). The second-order valence-corrected chi connectivity index (χ2v) is 21.1. The van der Waals surface area contributed by atoms with Crippen molar-refractivity contribution in [1.29, 1.82) is 0 Å². The lowest BCUT2D eigenvalue weighted by Gasteiger charge is -2.60. The molecule has 0 saturated carbocycles. The number of nitrogens with zero attached hydrogens (tertiary/aromatic N) is 4. The van der Waals surface area contributed by atoms with E-state index in [4.69, 9.17) is 9.97 Å². The zero-order chi connectivity index (χ0) is 43.1. The fraction of sp³-hybridized carbons (Fsp3) is 0.0189. The molecule has 9 nitrogen and oxygen atoms in total. The minimum absolute atomic E-state index is 0.0234. The Morgan fingerprint density at radius 2 is 0.730 bits per heavy atom. The van der Waals surface area contributed by atoms with Crippen LogP contribution in [0.25, 0.3) is 66.6 Å². The lowest BCUT2D eigenvalue weighted by Crippen LogP contribution is -2.20. The quantitative estimate of drug-likeness (QED) is 0.0534. The summed E-state index contributed by atoms with van der Waals surface area (Å²) in [6, 6.07) is 60.1. The lowest BCUT2D eigenvalue weighted by molar-refractivity contribution is 0.351. The second-order valence-electron chi connectivity index (χ2n) is 16.0. The van der Waals surface area contributed by atoms with E-state index in [9.17, 15) is 25.5 Å². The van der Waals surface area contributed by atoms with Gasteiger partial charge in [0.25, 0.3) is 0 Å². The normalized spacial score (nSPS) is 12.6. The second kappa shape index (κ2) is 13.9. The van der Waals surface area contributed by atoms with Gasteiger partial charge in [-0.2, -0.15) is 14.1 Å². The van der Waals surface area contributed by atoms with Crippen LogP contribution < -0.4 is 0 Å². The monoisotopic (exact) mass is 844 g/mol. The Kier molecular flexibility index (Phi) is 8.34. The van der Waals surface area contributed by atoms with Gasteiger partial charge in [0.2, 0.25) is 11.7 Å². The standard InChI is InChI=1S/C53H40N4O5S/c1-63(33-19-5-2-6-20-33,34-21-7-3-8-22-34,35-23-9-4-10-24-35)51-47(59)44(46(58)49(61)50(51)62)45-48(60)52(56-40-29-15-11-25-36(40)37-26-12-16-30-41(37)56)55-53(54-45)57-42-31-17-13-27-38(42)39-28-14-18-32-43(39)57/h2-32,58-63H,1H3. The largest absolute Gasteiger partial charge is 0.506 e. The average molecular weight is 845 g/mol. The number of hydrogen-bond acceptors (Lipinski definition) is 7. The van der Waals surface area contributed by atoms with E-state index in [0.29, 0.717) is 0 Å². The summed E-state index contributed by atoms with van der Waals surface area (Å²) in [5, 5.41) is 66.6. The van der Waals surface area contributed by atoms with Crippen molar-refractivity contribution in [3.05, 3.63) is 188 Å². The molecule has 8 aromatic carbocycles. The maximum atomic E-state index is 13.3. The maximum absolute atomic E-state index is 13.3. The Hall–Kier alpha value is -8.21. The summed E-state index contributed by atoms with van der Waals surface area (Å²) in [5.41, 5.74) is 2.38. The molecule has 10 heteroatoms. The highest BCUT2D eigenvalue weighted by Crippen LogP contribution is 2.91. The Labute approximate surface area is 361 Å². The molecule has 0 saturated heterocycles.